The van der Waals surface area contributed by atoms with Gasteiger partial charge in [-0.2, -0.15) is 0 Å². The van der Waals surface area contributed by atoms with Crippen molar-refractivity contribution in [1.29, 1.82) is 0 Å². The molecule has 1 amide bonds. The molecule has 0 bridgehead atoms. The van der Waals surface area contributed by atoms with E-state index in [1.54, 1.807) is 12.4 Å². The van der Waals surface area contributed by atoms with Gasteiger partial charge in [-0.25, -0.2) is 4.99 Å². The third kappa shape index (κ3) is 5.04. The summed E-state index contributed by atoms with van der Waals surface area (Å²) in [5.74, 6) is 0.215. The van der Waals surface area contributed by atoms with Gasteiger partial charge in [-0.1, -0.05) is 24.3 Å². The third-order valence-corrected chi connectivity index (χ3v) is 4.57. The number of benzene rings is 2. The first-order valence-electron chi connectivity index (χ1n) is 9.17. The van der Waals surface area contributed by atoms with Crippen LogP contribution in [0.2, 0.25) is 0 Å². The second-order valence-electron chi connectivity index (χ2n) is 6.71. The molecule has 0 atom stereocenters. The fraction of sp³-hybridized carbons (Fsp3) is 0.174. The molecule has 5 nitrogen and oxygen atoms in total. The van der Waals surface area contributed by atoms with E-state index in [0.29, 0.717) is 18.1 Å². The van der Waals surface area contributed by atoms with Crippen molar-refractivity contribution < 1.29 is 4.79 Å². The second kappa shape index (κ2) is 8.95. The Balaban J connectivity index is 1.83. The van der Waals surface area contributed by atoms with E-state index in [9.17, 15) is 4.79 Å². The maximum Gasteiger partial charge on any atom is 0.257 e. The number of carbonyl (C=O) groups excluding carboxylic acids is 1. The topological polar surface area (TPSA) is 66.4 Å². The number of carbonyl (C=O) groups is 1. The van der Waals surface area contributed by atoms with Gasteiger partial charge in [0.25, 0.3) is 5.91 Å². The summed E-state index contributed by atoms with van der Waals surface area (Å²) in [5.41, 5.74) is 5.82. The van der Waals surface area contributed by atoms with Crippen LogP contribution in [-0.4, -0.2) is 16.9 Å². The number of anilines is 1. The van der Waals surface area contributed by atoms with E-state index in [-0.39, 0.29) is 5.91 Å². The molecule has 1 heterocycles. The van der Waals surface area contributed by atoms with Gasteiger partial charge in [-0.3, -0.25) is 15.1 Å². The van der Waals surface area contributed by atoms with E-state index < -0.39 is 0 Å². The number of rotatable bonds is 4. The zero-order valence-corrected chi connectivity index (χ0v) is 16.4. The van der Waals surface area contributed by atoms with Crippen LogP contribution in [0, 0.1) is 20.8 Å². The lowest BCUT2D eigenvalue weighted by Gasteiger charge is -2.14. The minimum absolute atomic E-state index is 0.197. The van der Waals surface area contributed by atoms with Crippen LogP contribution in [0.25, 0.3) is 0 Å². The number of para-hydroxylation sites is 1. The summed E-state index contributed by atoms with van der Waals surface area (Å²) in [4.78, 5) is 21.4. The predicted octanol–water partition coefficient (Wildman–Crippen LogP) is 4.40. The van der Waals surface area contributed by atoms with Gasteiger partial charge < -0.3 is 5.32 Å². The SMILES string of the molecule is Cc1ccc(C(=O)NC(=NCc2ccncc2)Nc2ccccc2C)cc1C. The number of nitrogens with one attached hydrogen (secondary N) is 2. The van der Waals surface area contributed by atoms with Gasteiger partial charge in [0.2, 0.25) is 5.96 Å². The number of guanidine groups is 1. The van der Waals surface area contributed by atoms with Crippen molar-refractivity contribution in [1.82, 2.24) is 10.3 Å². The molecule has 0 aliphatic rings. The highest BCUT2D eigenvalue weighted by atomic mass is 16.1. The molecule has 5 heteroatoms. The molecular weight excluding hydrogens is 348 g/mol. The van der Waals surface area contributed by atoms with E-state index in [4.69, 9.17) is 0 Å². The Hall–Kier alpha value is -3.47. The highest BCUT2D eigenvalue weighted by molar-refractivity contribution is 6.10. The molecule has 2 aromatic carbocycles. The van der Waals surface area contributed by atoms with Crippen molar-refractivity contribution in [2.75, 3.05) is 5.32 Å². The lowest BCUT2D eigenvalue weighted by Crippen LogP contribution is -2.36. The summed E-state index contributed by atoms with van der Waals surface area (Å²) in [5, 5.41) is 6.16. The highest BCUT2D eigenvalue weighted by Crippen LogP contribution is 2.14. The van der Waals surface area contributed by atoms with Crippen LogP contribution < -0.4 is 10.6 Å². The Morgan fingerprint density at radius 2 is 1.68 bits per heavy atom. The maximum atomic E-state index is 12.8. The standard InChI is InChI=1S/C23H24N4O/c1-16-8-9-20(14-18(16)3)22(28)27-23(25-15-19-10-12-24-13-11-19)26-21-7-5-4-6-17(21)2/h4-14H,15H2,1-3H3,(H2,25,26,27,28). The van der Waals surface area contributed by atoms with Crippen molar-refractivity contribution in [2.24, 2.45) is 4.99 Å². The Kier molecular flexibility index (Phi) is 6.17. The van der Waals surface area contributed by atoms with E-state index in [2.05, 4.69) is 20.6 Å². The zero-order chi connectivity index (χ0) is 19.9. The van der Waals surface area contributed by atoms with E-state index >= 15 is 0 Å². The normalized spacial score (nSPS) is 11.2. The van der Waals surface area contributed by atoms with Crippen LogP contribution in [0.3, 0.4) is 0 Å². The van der Waals surface area contributed by atoms with Gasteiger partial charge in [0, 0.05) is 23.6 Å². The first-order valence-corrected chi connectivity index (χ1v) is 9.17. The van der Waals surface area contributed by atoms with Gasteiger partial charge in [-0.15, -0.1) is 0 Å². The molecule has 2 N–H and O–H groups in total. The maximum absolute atomic E-state index is 12.8. The predicted molar refractivity (Wildman–Crippen MR) is 114 cm³/mol. The van der Waals surface area contributed by atoms with Crippen molar-refractivity contribution >= 4 is 17.6 Å². The fourth-order valence-corrected chi connectivity index (χ4v) is 2.67. The van der Waals surface area contributed by atoms with Crippen LogP contribution in [0.4, 0.5) is 5.69 Å². The second-order valence-corrected chi connectivity index (χ2v) is 6.71. The van der Waals surface area contributed by atoms with Crippen molar-refractivity contribution in [2.45, 2.75) is 27.3 Å². The molecule has 3 aromatic rings. The van der Waals surface area contributed by atoms with Crippen LogP contribution in [0.15, 0.2) is 72.0 Å². The molecule has 0 saturated heterocycles. The third-order valence-electron chi connectivity index (χ3n) is 4.57. The number of pyridine rings is 1. The summed E-state index contributed by atoms with van der Waals surface area (Å²) >= 11 is 0. The minimum Gasteiger partial charge on any atom is -0.326 e. The first kappa shape index (κ1) is 19.3. The van der Waals surface area contributed by atoms with E-state index in [1.807, 2.05) is 75.4 Å². The Morgan fingerprint density at radius 1 is 0.929 bits per heavy atom. The molecule has 0 unspecified atom stereocenters. The number of aromatic nitrogens is 1. The molecule has 3 rings (SSSR count). The van der Waals surface area contributed by atoms with Crippen LogP contribution in [0.1, 0.15) is 32.6 Å². The quantitative estimate of drug-likeness (QED) is 0.527. The molecule has 0 radical (unpaired) electrons. The molecule has 0 saturated carbocycles. The van der Waals surface area contributed by atoms with Gasteiger partial charge in [0.05, 0.1) is 6.54 Å². The number of hydrogen-bond donors (Lipinski definition) is 2. The minimum atomic E-state index is -0.197. The number of amides is 1. The molecule has 0 aliphatic heterocycles. The number of hydrogen-bond acceptors (Lipinski definition) is 3. The lowest BCUT2D eigenvalue weighted by molar-refractivity contribution is 0.0977. The number of aryl methyl sites for hydroxylation is 3. The largest absolute Gasteiger partial charge is 0.326 e. The van der Waals surface area contributed by atoms with Crippen LogP contribution >= 0.6 is 0 Å². The summed E-state index contributed by atoms with van der Waals surface area (Å²) in [7, 11) is 0. The molecule has 0 fully saturated rings. The van der Waals surface area contributed by atoms with E-state index in [0.717, 1.165) is 27.9 Å². The summed E-state index contributed by atoms with van der Waals surface area (Å²) in [6.07, 6.45) is 3.46. The average Bonchev–Trinajstić information content (AvgIpc) is 2.70. The number of nitrogens with zero attached hydrogens (tertiary/aromatic N) is 2. The highest BCUT2D eigenvalue weighted by Gasteiger charge is 2.11. The average molecular weight is 372 g/mol. The van der Waals surface area contributed by atoms with Crippen LogP contribution in [-0.2, 0) is 6.54 Å². The summed E-state index contributed by atoms with van der Waals surface area (Å²) < 4.78 is 0. The zero-order valence-electron chi connectivity index (χ0n) is 16.4. The van der Waals surface area contributed by atoms with Gasteiger partial charge >= 0.3 is 0 Å². The Morgan fingerprint density at radius 3 is 2.39 bits per heavy atom. The van der Waals surface area contributed by atoms with Gasteiger partial charge in [0.1, 0.15) is 0 Å². The summed E-state index contributed by atoms with van der Waals surface area (Å²) in [6, 6.07) is 17.4. The van der Waals surface area contributed by atoms with E-state index in [1.165, 1.54) is 0 Å². The molecular formula is C23H24N4O. The van der Waals surface area contributed by atoms with Crippen molar-refractivity contribution in [3.8, 4) is 0 Å². The molecule has 0 spiro atoms. The monoisotopic (exact) mass is 372 g/mol. The van der Waals surface area contributed by atoms with Gasteiger partial charge in [0.15, 0.2) is 0 Å². The number of aliphatic imine (C=N–C) groups is 1. The lowest BCUT2D eigenvalue weighted by atomic mass is 10.1. The molecule has 28 heavy (non-hydrogen) atoms. The smallest absolute Gasteiger partial charge is 0.257 e. The Bertz CT molecular complexity index is 996. The van der Waals surface area contributed by atoms with Crippen molar-refractivity contribution in [3.05, 3.63) is 94.8 Å². The Labute approximate surface area is 165 Å². The first-order chi connectivity index (χ1) is 13.5. The summed E-state index contributed by atoms with van der Waals surface area (Å²) in [6.45, 7) is 6.46. The van der Waals surface area contributed by atoms with Crippen molar-refractivity contribution in [3.63, 3.8) is 0 Å². The van der Waals surface area contributed by atoms with Gasteiger partial charge in [-0.05, 0) is 73.4 Å². The molecule has 142 valence electrons. The molecule has 0 aliphatic carbocycles. The molecule has 1 aromatic heterocycles. The fourth-order valence-electron chi connectivity index (χ4n) is 2.67. The van der Waals surface area contributed by atoms with Crippen LogP contribution in [0.5, 0.6) is 0 Å².